The molecule has 1 aromatic heterocycles. The van der Waals surface area contributed by atoms with Crippen LogP contribution in [0.25, 0.3) is 11.4 Å². The number of hydrogen-bond acceptors (Lipinski definition) is 8. The molecule has 0 saturated carbocycles. The maximum Gasteiger partial charge on any atom is 0.416 e. The van der Waals surface area contributed by atoms with Gasteiger partial charge in [-0.3, -0.25) is 5.32 Å². The lowest BCUT2D eigenvalue weighted by atomic mass is 9.94. The van der Waals surface area contributed by atoms with Gasteiger partial charge < -0.3 is 20.3 Å². The third-order valence-electron chi connectivity index (χ3n) is 5.64. The predicted molar refractivity (Wildman–Crippen MR) is 120 cm³/mol. The summed E-state index contributed by atoms with van der Waals surface area (Å²) in [6.07, 6.45) is -4.74. The van der Waals surface area contributed by atoms with Gasteiger partial charge in [-0.2, -0.15) is 13.2 Å². The van der Waals surface area contributed by atoms with Gasteiger partial charge in [0.1, 0.15) is 17.7 Å². The largest absolute Gasteiger partial charge is 0.464 e. The fraction of sp³-hybridized carbons (Fsp3) is 0.292. The van der Waals surface area contributed by atoms with E-state index in [-0.39, 0.29) is 29.7 Å². The van der Waals surface area contributed by atoms with Crippen LogP contribution in [0, 0.1) is 0 Å². The predicted octanol–water partition coefficient (Wildman–Crippen LogP) is 3.60. The highest BCUT2D eigenvalue weighted by molar-refractivity contribution is 5.90. The second kappa shape index (κ2) is 9.98. The van der Waals surface area contributed by atoms with Crippen molar-refractivity contribution >= 4 is 5.97 Å². The minimum atomic E-state index is -4.42. The molecule has 2 atom stereocenters. The van der Waals surface area contributed by atoms with Crippen molar-refractivity contribution in [2.24, 2.45) is 5.73 Å². The topological polar surface area (TPSA) is 120 Å². The molecule has 2 unspecified atom stereocenters. The summed E-state index contributed by atoms with van der Waals surface area (Å²) in [5.41, 5.74) is 6.86. The Kier molecular flexibility index (Phi) is 7.01. The molecule has 0 radical (unpaired) electrons. The first-order chi connectivity index (χ1) is 16.7. The van der Waals surface area contributed by atoms with Crippen LogP contribution >= 0.6 is 0 Å². The van der Waals surface area contributed by atoms with Crippen molar-refractivity contribution in [2.75, 3.05) is 13.7 Å². The second-order valence-corrected chi connectivity index (χ2v) is 7.96. The van der Waals surface area contributed by atoms with Crippen LogP contribution in [0.3, 0.4) is 0 Å². The van der Waals surface area contributed by atoms with Crippen molar-refractivity contribution in [2.45, 2.75) is 31.3 Å². The van der Waals surface area contributed by atoms with Gasteiger partial charge in [-0.1, -0.05) is 0 Å². The zero-order valence-electron chi connectivity index (χ0n) is 18.7. The SMILES string of the molecule is COC(=O)c1nc(-c2ccc(Oc3ccc(C(F)(F)F)cc3)cc2)nc(CN)c1C1CNC(O)C1. The Balaban J connectivity index is 1.61. The quantitative estimate of drug-likeness (QED) is 0.451. The van der Waals surface area contributed by atoms with E-state index in [4.69, 9.17) is 15.2 Å². The van der Waals surface area contributed by atoms with E-state index in [0.717, 1.165) is 12.1 Å². The average Bonchev–Trinajstić information content (AvgIpc) is 3.28. The van der Waals surface area contributed by atoms with Crippen LogP contribution in [0.5, 0.6) is 11.5 Å². The lowest BCUT2D eigenvalue weighted by molar-refractivity contribution is -0.137. The van der Waals surface area contributed by atoms with Gasteiger partial charge in [0.2, 0.25) is 0 Å². The molecule has 0 spiro atoms. The van der Waals surface area contributed by atoms with E-state index in [0.29, 0.717) is 35.5 Å². The summed E-state index contributed by atoms with van der Waals surface area (Å²) < 4.78 is 48.8. The Morgan fingerprint density at radius 3 is 2.26 bits per heavy atom. The number of alkyl halides is 3. The first-order valence-corrected chi connectivity index (χ1v) is 10.8. The third kappa shape index (κ3) is 5.42. The molecule has 1 saturated heterocycles. The smallest absolute Gasteiger partial charge is 0.416 e. The summed E-state index contributed by atoms with van der Waals surface area (Å²) in [5, 5.41) is 12.8. The molecular weight excluding hydrogens is 465 g/mol. The monoisotopic (exact) mass is 488 g/mol. The van der Waals surface area contributed by atoms with Gasteiger partial charge in [-0.25, -0.2) is 14.8 Å². The molecule has 1 fully saturated rings. The van der Waals surface area contributed by atoms with E-state index in [9.17, 15) is 23.1 Å². The summed E-state index contributed by atoms with van der Waals surface area (Å²) in [6, 6.07) is 10.9. The van der Waals surface area contributed by atoms with Crippen molar-refractivity contribution in [3.05, 3.63) is 71.0 Å². The van der Waals surface area contributed by atoms with Crippen LogP contribution < -0.4 is 15.8 Å². The number of esters is 1. The van der Waals surface area contributed by atoms with Crippen molar-refractivity contribution in [3.63, 3.8) is 0 Å². The number of ether oxygens (including phenoxy) is 2. The van der Waals surface area contributed by atoms with Crippen LogP contribution in [0.4, 0.5) is 13.2 Å². The number of rotatable bonds is 6. The maximum absolute atomic E-state index is 12.7. The maximum atomic E-state index is 12.7. The average molecular weight is 488 g/mol. The third-order valence-corrected chi connectivity index (χ3v) is 5.64. The number of methoxy groups -OCH3 is 1. The number of hydrogen-bond donors (Lipinski definition) is 3. The molecule has 35 heavy (non-hydrogen) atoms. The molecule has 1 aliphatic heterocycles. The number of carbonyl (C=O) groups excluding carboxylic acids is 1. The summed E-state index contributed by atoms with van der Waals surface area (Å²) in [7, 11) is 1.26. The van der Waals surface area contributed by atoms with Crippen LogP contribution in [0.15, 0.2) is 48.5 Å². The molecule has 4 rings (SSSR count). The van der Waals surface area contributed by atoms with Crippen LogP contribution in [-0.4, -0.2) is 40.9 Å². The van der Waals surface area contributed by atoms with Crippen LogP contribution in [-0.2, 0) is 17.5 Å². The van der Waals surface area contributed by atoms with Gasteiger partial charge in [0, 0.05) is 30.1 Å². The Bertz CT molecular complexity index is 1200. The van der Waals surface area contributed by atoms with Crippen molar-refractivity contribution in [3.8, 4) is 22.9 Å². The molecular formula is C24H23F3N4O4. The van der Waals surface area contributed by atoms with E-state index in [2.05, 4.69) is 15.3 Å². The lowest BCUT2D eigenvalue weighted by Gasteiger charge is -2.18. The standard InChI is InChI=1S/C24H23F3N4O4/c1-34-23(33)21-20(14-10-19(32)29-12-14)18(11-28)30-22(31-21)13-2-6-16(7-3-13)35-17-8-4-15(5-9-17)24(25,26)27/h2-9,14,19,29,32H,10-12,28H2,1H3. The summed E-state index contributed by atoms with van der Waals surface area (Å²) in [5.74, 6) is 0.0517. The number of aliphatic hydroxyl groups excluding tert-OH is 1. The zero-order valence-corrected chi connectivity index (χ0v) is 18.7. The molecule has 0 aliphatic carbocycles. The molecule has 0 amide bonds. The molecule has 8 nitrogen and oxygen atoms in total. The summed E-state index contributed by atoms with van der Waals surface area (Å²) >= 11 is 0. The van der Waals surface area contributed by atoms with E-state index in [1.54, 1.807) is 24.3 Å². The van der Waals surface area contributed by atoms with Gasteiger partial charge in [-0.15, -0.1) is 0 Å². The van der Waals surface area contributed by atoms with E-state index >= 15 is 0 Å². The molecule has 4 N–H and O–H groups in total. The summed E-state index contributed by atoms with van der Waals surface area (Å²) in [4.78, 5) is 21.5. The Hall–Kier alpha value is -3.54. The number of nitrogens with two attached hydrogens (primary N) is 1. The van der Waals surface area contributed by atoms with Crippen LogP contribution in [0.2, 0.25) is 0 Å². The number of nitrogens with zero attached hydrogens (tertiary/aromatic N) is 2. The molecule has 2 aromatic carbocycles. The van der Waals surface area contributed by atoms with Gasteiger partial charge in [0.15, 0.2) is 11.5 Å². The summed E-state index contributed by atoms with van der Waals surface area (Å²) in [6.45, 7) is 0.493. The molecule has 11 heteroatoms. The fourth-order valence-electron chi connectivity index (χ4n) is 3.94. The minimum Gasteiger partial charge on any atom is -0.464 e. The number of nitrogens with one attached hydrogen (secondary N) is 1. The molecule has 1 aliphatic rings. The van der Waals surface area contributed by atoms with Gasteiger partial charge in [0.05, 0.1) is 18.4 Å². The minimum absolute atomic E-state index is 0.0521. The number of benzene rings is 2. The Morgan fingerprint density at radius 1 is 1.11 bits per heavy atom. The van der Waals surface area contributed by atoms with E-state index < -0.39 is 23.9 Å². The highest BCUT2D eigenvalue weighted by Crippen LogP contribution is 2.33. The zero-order chi connectivity index (χ0) is 25.2. The van der Waals surface area contributed by atoms with Gasteiger partial charge in [-0.05, 0) is 55.0 Å². The molecule has 0 bridgehead atoms. The fourth-order valence-corrected chi connectivity index (χ4v) is 3.94. The molecule has 3 aromatic rings. The Morgan fingerprint density at radius 2 is 1.74 bits per heavy atom. The number of halogens is 3. The number of carbonyl (C=O) groups is 1. The highest BCUT2D eigenvalue weighted by Gasteiger charge is 2.32. The van der Waals surface area contributed by atoms with Gasteiger partial charge in [0.25, 0.3) is 0 Å². The lowest BCUT2D eigenvalue weighted by Crippen LogP contribution is -2.21. The van der Waals surface area contributed by atoms with Crippen molar-refractivity contribution < 1.29 is 32.5 Å². The normalized spacial score (nSPS) is 17.9. The van der Waals surface area contributed by atoms with E-state index in [1.165, 1.54) is 19.2 Å². The van der Waals surface area contributed by atoms with Crippen LogP contribution in [0.1, 0.15) is 39.6 Å². The van der Waals surface area contributed by atoms with Crippen molar-refractivity contribution in [1.29, 1.82) is 0 Å². The second-order valence-electron chi connectivity index (χ2n) is 7.96. The van der Waals surface area contributed by atoms with Gasteiger partial charge >= 0.3 is 12.1 Å². The number of aliphatic hydroxyl groups is 1. The van der Waals surface area contributed by atoms with Crippen molar-refractivity contribution in [1.82, 2.24) is 15.3 Å². The van der Waals surface area contributed by atoms with E-state index in [1.807, 2.05) is 0 Å². The Labute approximate surface area is 198 Å². The number of aromatic nitrogens is 2. The first kappa shape index (κ1) is 24.6. The first-order valence-electron chi connectivity index (χ1n) is 10.8. The highest BCUT2D eigenvalue weighted by atomic mass is 19.4. The molecule has 2 heterocycles. The molecule has 184 valence electrons.